The highest BCUT2D eigenvalue weighted by molar-refractivity contribution is 7.90. The van der Waals surface area contributed by atoms with Crippen LogP contribution in [0.15, 0.2) is 35.4 Å². The van der Waals surface area contributed by atoms with Crippen LogP contribution in [0.25, 0.3) is 0 Å². The molecule has 0 bridgehead atoms. The minimum Gasteiger partial charge on any atom is -0.478 e. The molecule has 6 nitrogen and oxygen atoms in total. The van der Waals surface area contributed by atoms with Crippen molar-refractivity contribution in [3.63, 3.8) is 0 Å². The average molecular weight is 308 g/mol. The molecule has 1 aromatic carbocycles. The lowest BCUT2D eigenvalue weighted by molar-refractivity contribution is 0.0696. The first-order chi connectivity index (χ1) is 9.83. The number of hydrogen-bond acceptors (Lipinski definition) is 4. The largest absolute Gasteiger partial charge is 0.478 e. The number of hydrogen-bond donors (Lipinski definition) is 1. The molecule has 7 heteroatoms. The van der Waals surface area contributed by atoms with Crippen molar-refractivity contribution in [2.45, 2.75) is 24.0 Å². The summed E-state index contributed by atoms with van der Waals surface area (Å²) in [5, 5.41) is 13.1. The molecule has 0 aliphatic rings. The van der Waals surface area contributed by atoms with E-state index < -0.39 is 15.8 Å². The van der Waals surface area contributed by atoms with Crippen LogP contribution in [-0.2, 0) is 29.1 Å². The molecule has 0 amide bonds. The summed E-state index contributed by atoms with van der Waals surface area (Å²) in [4.78, 5) is 11.1. The van der Waals surface area contributed by atoms with Crippen LogP contribution in [0, 0.1) is 0 Å². The van der Waals surface area contributed by atoms with E-state index in [1.165, 1.54) is 16.8 Å². The Bertz CT molecular complexity index is 778. The molecule has 1 heterocycles. The Morgan fingerprint density at radius 3 is 2.57 bits per heavy atom. The van der Waals surface area contributed by atoms with Gasteiger partial charge in [-0.25, -0.2) is 13.2 Å². The molecule has 1 aromatic heterocycles. The van der Waals surface area contributed by atoms with Crippen LogP contribution in [-0.4, -0.2) is 29.3 Å². The first-order valence-corrected chi connectivity index (χ1v) is 8.06. The Balaban J connectivity index is 2.47. The second-order valence-electron chi connectivity index (χ2n) is 4.72. The molecule has 2 aromatic rings. The van der Waals surface area contributed by atoms with E-state index in [1.54, 1.807) is 25.4 Å². The third-order valence-electron chi connectivity index (χ3n) is 3.14. The Hall–Kier alpha value is -2.15. The van der Waals surface area contributed by atoms with E-state index in [4.69, 9.17) is 5.11 Å². The van der Waals surface area contributed by atoms with Crippen molar-refractivity contribution >= 4 is 15.8 Å². The number of carbonyl (C=O) groups is 1. The van der Waals surface area contributed by atoms with Gasteiger partial charge in [-0.2, -0.15) is 5.10 Å². The maximum Gasteiger partial charge on any atom is 0.335 e. The van der Waals surface area contributed by atoms with Gasteiger partial charge in [0, 0.05) is 13.2 Å². The molecule has 1 N–H and O–H groups in total. The predicted molar refractivity (Wildman–Crippen MR) is 76.9 cm³/mol. The SMILES string of the molecule is CCc1ccc(C(=O)O)cc1S(=O)(=O)Cc1ccn(C)n1. The lowest BCUT2D eigenvalue weighted by Gasteiger charge is -2.09. The van der Waals surface area contributed by atoms with Crippen molar-refractivity contribution in [1.29, 1.82) is 0 Å². The van der Waals surface area contributed by atoms with Crippen molar-refractivity contribution in [2.24, 2.45) is 7.05 Å². The van der Waals surface area contributed by atoms with E-state index in [2.05, 4.69) is 5.10 Å². The van der Waals surface area contributed by atoms with Crippen LogP contribution < -0.4 is 0 Å². The second kappa shape index (κ2) is 5.69. The van der Waals surface area contributed by atoms with Crippen molar-refractivity contribution < 1.29 is 18.3 Å². The zero-order valence-electron chi connectivity index (χ0n) is 11.8. The van der Waals surface area contributed by atoms with E-state index in [-0.39, 0.29) is 16.2 Å². The Kier molecular flexibility index (Phi) is 4.13. The van der Waals surface area contributed by atoms with Gasteiger partial charge in [-0.3, -0.25) is 4.68 Å². The third kappa shape index (κ3) is 3.30. The maximum atomic E-state index is 12.5. The van der Waals surface area contributed by atoms with Gasteiger partial charge >= 0.3 is 5.97 Å². The summed E-state index contributed by atoms with van der Waals surface area (Å²) in [5.41, 5.74) is 1.00. The van der Waals surface area contributed by atoms with Gasteiger partial charge in [0.15, 0.2) is 9.84 Å². The van der Waals surface area contributed by atoms with Gasteiger partial charge in [-0.1, -0.05) is 13.0 Å². The van der Waals surface area contributed by atoms with Gasteiger partial charge in [-0.15, -0.1) is 0 Å². The van der Waals surface area contributed by atoms with Crippen molar-refractivity contribution in [2.75, 3.05) is 0 Å². The molecule has 0 saturated carbocycles. The quantitative estimate of drug-likeness (QED) is 0.907. The van der Waals surface area contributed by atoms with Crippen molar-refractivity contribution in [3.8, 4) is 0 Å². The van der Waals surface area contributed by atoms with E-state index in [9.17, 15) is 13.2 Å². The molecule has 2 rings (SSSR count). The summed E-state index contributed by atoms with van der Waals surface area (Å²) in [7, 11) is -1.93. The van der Waals surface area contributed by atoms with Gasteiger partial charge < -0.3 is 5.11 Å². The molecular formula is C14H16N2O4S. The minimum atomic E-state index is -3.64. The highest BCUT2D eigenvalue weighted by Gasteiger charge is 2.21. The second-order valence-corrected chi connectivity index (χ2v) is 6.68. The number of benzene rings is 1. The smallest absolute Gasteiger partial charge is 0.335 e. The molecule has 0 atom stereocenters. The Labute approximate surface area is 123 Å². The van der Waals surface area contributed by atoms with E-state index in [1.807, 2.05) is 6.92 Å². The van der Waals surface area contributed by atoms with Gasteiger partial charge in [0.1, 0.15) is 0 Å². The summed E-state index contributed by atoms with van der Waals surface area (Å²) in [6.45, 7) is 1.83. The van der Waals surface area contributed by atoms with Crippen LogP contribution in [0.5, 0.6) is 0 Å². The fourth-order valence-electron chi connectivity index (χ4n) is 2.08. The van der Waals surface area contributed by atoms with Gasteiger partial charge in [-0.05, 0) is 30.2 Å². The average Bonchev–Trinajstić information content (AvgIpc) is 2.82. The van der Waals surface area contributed by atoms with Crippen LogP contribution in [0.4, 0.5) is 0 Å². The van der Waals surface area contributed by atoms with Crippen molar-refractivity contribution in [1.82, 2.24) is 9.78 Å². The molecule has 0 fully saturated rings. The fraction of sp³-hybridized carbons (Fsp3) is 0.286. The van der Waals surface area contributed by atoms with Gasteiger partial charge in [0.25, 0.3) is 0 Å². The van der Waals surface area contributed by atoms with E-state index in [0.717, 1.165) is 0 Å². The third-order valence-corrected chi connectivity index (χ3v) is 4.86. The van der Waals surface area contributed by atoms with Crippen molar-refractivity contribution in [3.05, 3.63) is 47.3 Å². The lowest BCUT2D eigenvalue weighted by atomic mass is 10.1. The number of sulfone groups is 1. The molecular weight excluding hydrogens is 292 g/mol. The minimum absolute atomic E-state index is 0.0354. The standard InChI is InChI=1S/C14H16N2O4S/c1-3-10-4-5-11(14(17)18)8-13(10)21(19,20)9-12-6-7-16(2)15-12/h4-8H,3,9H2,1-2H3,(H,17,18). The molecule has 0 aliphatic carbocycles. The molecule has 112 valence electrons. The van der Waals surface area contributed by atoms with E-state index >= 15 is 0 Å². The molecule has 0 radical (unpaired) electrons. The lowest BCUT2D eigenvalue weighted by Crippen LogP contribution is -2.10. The Morgan fingerprint density at radius 1 is 1.33 bits per heavy atom. The number of aromatic nitrogens is 2. The Morgan fingerprint density at radius 2 is 2.05 bits per heavy atom. The number of carboxylic acids is 1. The first kappa shape index (κ1) is 15.2. The number of nitrogens with zero attached hydrogens (tertiary/aromatic N) is 2. The van der Waals surface area contributed by atoms with Gasteiger partial charge in [0.2, 0.25) is 0 Å². The monoisotopic (exact) mass is 308 g/mol. The highest BCUT2D eigenvalue weighted by Crippen LogP contribution is 2.22. The topological polar surface area (TPSA) is 89.3 Å². The highest BCUT2D eigenvalue weighted by atomic mass is 32.2. The van der Waals surface area contributed by atoms with Crippen LogP contribution in [0.2, 0.25) is 0 Å². The summed E-state index contributed by atoms with van der Waals surface area (Å²) in [6, 6.07) is 5.82. The molecule has 0 saturated heterocycles. The van der Waals surface area contributed by atoms with Crippen LogP contribution >= 0.6 is 0 Å². The number of aromatic carboxylic acids is 1. The first-order valence-electron chi connectivity index (χ1n) is 6.41. The molecule has 0 unspecified atom stereocenters. The predicted octanol–water partition coefficient (Wildman–Crippen LogP) is 1.65. The van der Waals surface area contributed by atoms with E-state index in [0.29, 0.717) is 17.7 Å². The zero-order valence-corrected chi connectivity index (χ0v) is 12.6. The number of aryl methyl sites for hydroxylation is 2. The number of carboxylic acid groups (broad SMARTS) is 1. The molecule has 21 heavy (non-hydrogen) atoms. The molecule has 0 spiro atoms. The summed E-state index contributed by atoms with van der Waals surface area (Å²) >= 11 is 0. The molecule has 0 aliphatic heterocycles. The summed E-state index contributed by atoms with van der Waals surface area (Å²) < 4.78 is 26.6. The van der Waals surface area contributed by atoms with Crippen LogP contribution in [0.3, 0.4) is 0 Å². The van der Waals surface area contributed by atoms with Gasteiger partial charge in [0.05, 0.1) is 21.9 Å². The van der Waals surface area contributed by atoms with Crippen LogP contribution in [0.1, 0.15) is 28.5 Å². The fourth-order valence-corrected chi connectivity index (χ4v) is 3.70. The number of rotatable bonds is 5. The zero-order chi connectivity index (χ0) is 15.6. The normalized spacial score (nSPS) is 11.5. The summed E-state index contributed by atoms with van der Waals surface area (Å²) in [6.07, 6.45) is 2.18. The maximum absolute atomic E-state index is 12.5. The summed E-state index contributed by atoms with van der Waals surface area (Å²) in [5.74, 6) is -1.39.